The number of hydrogen-bond acceptors (Lipinski definition) is 5. The maximum atomic E-state index is 13.0. The Morgan fingerprint density at radius 3 is 2.81 bits per heavy atom. The molecule has 1 saturated heterocycles. The third-order valence-corrected chi connectivity index (χ3v) is 7.60. The molecule has 1 aromatic carbocycles. The first-order chi connectivity index (χ1) is 17.4. The fourth-order valence-corrected chi connectivity index (χ4v) is 5.83. The topological polar surface area (TPSA) is 58.9 Å². The number of halogens is 3. The third-order valence-electron chi connectivity index (χ3n) is 6.55. The van der Waals surface area contributed by atoms with E-state index in [1.807, 2.05) is 28.7 Å². The summed E-state index contributed by atoms with van der Waals surface area (Å²) in [5, 5.41) is 4.11. The molecule has 1 N–H and O–H groups in total. The zero-order valence-corrected chi connectivity index (χ0v) is 20.4. The van der Waals surface area contributed by atoms with E-state index in [2.05, 4.69) is 19.9 Å². The van der Waals surface area contributed by atoms with Gasteiger partial charge in [0.05, 0.1) is 21.8 Å². The van der Waals surface area contributed by atoms with Gasteiger partial charge in [0, 0.05) is 12.6 Å². The second kappa shape index (κ2) is 10.6. The Balaban J connectivity index is 1.12. The molecule has 36 heavy (non-hydrogen) atoms. The van der Waals surface area contributed by atoms with Gasteiger partial charge in [-0.05, 0) is 74.7 Å². The summed E-state index contributed by atoms with van der Waals surface area (Å²) in [5.41, 5.74) is 2.75. The van der Waals surface area contributed by atoms with E-state index in [9.17, 15) is 18.0 Å². The van der Waals surface area contributed by atoms with Crippen LogP contribution in [0.15, 0.2) is 58.6 Å². The summed E-state index contributed by atoms with van der Waals surface area (Å²) < 4.78 is 43.0. The van der Waals surface area contributed by atoms with E-state index in [1.165, 1.54) is 23.9 Å². The molecule has 2 aliphatic heterocycles. The van der Waals surface area contributed by atoms with Crippen LogP contribution >= 0.6 is 11.8 Å². The highest BCUT2D eigenvalue weighted by molar-refractivity contribution is 8.04. The Labute approximate surface area is 211 Å². The van der Waals surface area contributed by atoms with Crippen molar-refractivity contribution in [2.45, 2.75) is 49.5 Å². The lowest BCUT2D eigenvalue weighted by Gasteiger charge is -2.36. The first-order valence-electron chi connectivity index (χ1n) is 12.1. The van der Waals surface area contributed by atoms with E-state index in [0.29, 0.717) is 11.4 Å². The van der Waals surface area contributed by atoms with Crippen LogP contribution in [-0.2, 0) is 11.2 Å². The molecule has 190 valence electrons. The number of aromatic nitrogens is 2. The van der Waals surface area contributed by atoms with Crippen LogP contribution in [0, 0.1) is 0 Å². The standard InChI is InChI=1S/C26H27F3N4O2S/c27-26(28,29)35-21-11-9-18(10-12-21)5-4-14-32-13-2-1-6-19(32)16-31-25(34)22-15-20-17-30-23-7-3-8-24(36-22)33(20)23/h3,7-12,15,17,19H,1-2,4-6,13-14,16H2,(H,31,34). The van der Waals surface area contributed by atoms with Gasteiger partial charge < -0.3 is 10.1 Å². The van der Waals surface area contributed by atoms with Gasteiger partial charge in [-0.1, -0.05) is 36.4 Å². The van der Waals surface area contributed by atoms with Crippen molar-refractivity contribution >= 4 is 29.4 Å². The minimum absolute atomic E-state index is 0.0730. The van der Waals surface area contributed by atoms with Gasteiger partial charge in [0.25, 0.3) is 5.91 Å². The Bertz CT molecular complexity index is 1260. The number of rotatable bonds is 8. The van der Waals surface area contributed by atoms with Crippen molar-refractivity contribution in [1.82, 2.24) is 19.6 Å². The number of aryl methyl sites for hydroxylation is 1. The third kappa shape index (κ3) is 5.87. The normalized spacial score (nSPS) is 18.2. The van der Waals surface area contributed by atoms with Gasteiger partial charge in [-0.25, -0.2) is 4.98 Å². The smallest absolute Gasteiger partial charge is 0.406 e. The quantitative estimate of drug-likeness (QED) is 0.441. The highest BCUT2D eigenvalue weighted by Gasteiger charge is 2.31. The number of piperidine rings is 1. The molecule has 0 spiro atoms. The summed E-state index contributed by atoms with van der Waals surface area (Å²) in [5.74, 6) is -0.276. The fraction of sp³-hybridized carbons (Fsp3) is 0.385. The summed E-state index contributed by atoms with van der Waals surface area (Å²) >= 11 is 1.45. The Morgan fingerprint density at radius 2 is 2.00 bits per heavy atom. The monoisotopic (exact) mass is 516 g/mol. The average molecular weight is 517 g/mol. The molecular formula is C26H27F3N4O2S. The largest absolute Gasteiger partial charge is 0.573 e. The van der Waals surface area contributed by atoms with Crippen LogP contribution in [0.5, 0.6) is 5.75 Å². The zero-order valence-electron chi connectivity index (χ0n) is 19.6. The summed E-state index contributed by atoms with van der Waals surface area (Å²) in [6.45, 7) is 2.45. The lowest BCUT2D eigenvalue weighted by atomic mass is 10.0. The Kier molecular flexibility index (Phi) is 7.25. The molecule has 2 aliphatic rings. The van der Waals surface area contributed by atoms with Crippen molar-refractivity contribution in [2.75, 3.05) is 19.6 Å². The SMILES string of the molecule is O=C(NCC1CCCCN1CCCc1ccc(OC(F)(F)F)cc1)C1=Cc2cnc3cccc(n23)S1. The Morgan fingerprint density at radius 1 is 1.17 bits per heavy atom. The van der Waals surface area contributed by atoms with E-state index in [0.717, 1.165) is 67.1 Å². The number of carbonyl (C=O) groups is 1. The van der Waals surface area contributed by atoms with E-state index >= 15 is 0 Å². The van der Waals surface area contributed by atoms with Crippen molar-refractivity contribution in [3.05, 3.63) is 64.8 Å². The van der Waals surface area contributed by atoms with Crippen LogP contribution in [0.1, 0.15) is 36.9 Å². The van der Waals surface area contributed by atoms with Gasteiger partial charge in [-0.15, -0.1) is 13.2 Å². The van der Waals surface area contributed by atoms with E-state index in [1.54, 1.807) is 18.3 Å². The molecule has 0 aliphatic carbocycles. The number of benzene rings is 1. The number of thioether (sulfide) groups is 1. The van der Waals surface area contributed by atoms with Crippen LogP contribution < -0.4 is 10.1 Å². The number of amides is 1. The predicted octanol–water partition coefficient (Wildman–Crippen LogP) is 5.28. The first kappa shape index (κ1) is 24.7. The number of carbonyl (C=O) groups excluding carboxylic acids is 1. The molecule has 1 atom stereocenters. The second-order valence-corrected chi connectivity index (χ2v) is 10.1. The van der Waals surface area contributed by atoms with Gasteiger partial charge in [0.15, 0.2) is 0 Å². The van der Waals surface area contributed by atoms with Gasteiger partial charge in [0.2, 0.25) is 0 Å². The number of hydrogen-bond donors (Lipinski definition) is 1. The van der Waals surface area contributed by atoms with Crippen LogP contribution in [-0.4, -0.2) is 52.2 Å². The molecular weight excluding hydrogens is 489 g/mol. The van der Waals surface area contributed by atoms with Crippen LogP contribution in [0.4, 0.5) is 13.2 Å². The lowest BCUT2D eigenvalue weighted by Crippen LogP contribution is -2.47. The number of ether oxygens (including phenoxy) is 1. The van der Waals surface area contributed by atoms with E-state index < -0.39 is 6.36 Å². The van der Waals surface area contributed by atoms with Crippen LogP contribution in [0.3, 0.4) is 0 Å². The number of imidazole rings is 1. The molecule has 1 unspecified atom stereocenters. The maximum Gasteiger partial charge on any atom is 0.573 e. The summed E-state index contributed by atoms with van der Waals surface area (Å²) in [6.07, 6.45) is 3.94. The van der Waals surface area contributed by atoms with Gasteiger partial charge in [0.1, 0.15) is 11.4 Å². The highest BCUT2D eigenvalue weighted by Crippen LogP contribution is 2.34. The van der Waals surface area contributed by atoms with Crippen molar-refractivity contribution in [3.63, 3.8) is 0 Å². The molecule has 1 fully saturated rings. The number of pyridine rings is 1. The van der Waals surface area contributed by atoms with Crippen molar-refractivity contribution in [2.24, 2.45) is 0 Å². The van der Waals surface area contributed by atoms with Crippen molar-refractivity contribution < 1.29 is 22.7 Å². The number of nitrogens with zero attached hydrogens (tertiary/aromatic N) is 3. The molecule has 3 aromatic rings. The van der Waals surface area contributed by atoms with Crippen molar-refractivity contribution in [1.29, 1.82) is 0 Å². The van der Waals surface area contributed by atoms with Crippen LogP contribution in [0.2, 0.25) is 0 Å². The highest BCUT2D eigenvalue weighted by atomic mass is 32.2. The van der Waals surface area contributed by atoms with Gasteiger partial charge in [-0.3, -0.25) is 14.1 Å². The maximum absolute atomic E-state index is 13.0. The average Bonchev–Trinajstić information content (AvgIpc) is 3.28. The molecule has 6 nitrogen and oxygen atoms in total. The van der Waals surface area contributed by atoms with Gasteiger partial charge in [-0.2, -0.15) is 0 Å². The molecule has 0 radical (unpaired) electrons. The summed E-state index contributed by atoms with van der Waals surface area (Å²) in [6, 6.07) is 12.2. The number of likely N-dealkylation sites (tertiary alicyclic amines) is 1. The molecule has 10 heteroatoms. The zero-order chi connectivity index (χ0) is 25.1. The molecule has 0 saturated carbocycles. The Hall–Kier alpha value is -2.98. The minimum atomic E-state index is -4.68. The molecule has 1 amide bonds. The van der Waals surface area contributed by atoms with E-state index in [-0.39, 0.29) is 17.7 Å². The second-order valence-electron chi connectivity index (χ2n) is 9.04. The van der Waals surface area contributed by atoms with E-state index in [4.69, 9.17) is 0 Å². The molecule has 2 aromatic heterocycles. The number of alkyl halides is 3. The fourth-order valence-electron chi connectivity index (χ4n) is 4.83. The predicted molar refractivity (Wildman–Crippen MR) is 133 cm³/mol. The van der Waals surface area contributed by atoms with Gasteiger partial charge >= 0.3 is 6.36 Å². The van der Waals surface area contributed by atoms with Crippen LogP contribution in [0.25, 0.3) is 11.7 Å². The summed E-state index contributed by atoms with van der Waals surface area (Å²) in [7, 11) is 0. The molecule has 4 heterocycles. The first-order valence-corrected chi connectivity index (χ1v) is 12.9. The van der Waals surface area contributed by atoms with Crippen molar-refractivity contribution in [3.8, 4) is 5.75 Å². The summed E-state index contributed by atoms with van der Waals surface area (Å²) in [4.78, 5) is 20.5. The lowest BCUT2D eigenvalue weighted by molar-refractivity contribution is -0.274. The molecule has 0 bridgehead atoms. The number of nitrogens with one attached hydrogen (secondary N) is 1. The minimum Gasteiger partial charge on any atom is -0.406 e. The molecule has 5 rings (SSSR count).